The molecule has 0 radical (unpaired) electrons. The lowest BCUT2D eigenvalue weighted by Crippen LogP contribution is -2.58. The van der Waals surface area contributed by atoms with Crippen molar-refractivity contribution in [2.75, 3.05) is 25.9 Å². The van der Waals surface area contributed by atoms with Crippen LogP contribution in [0.3, 0.4) is 0 Å². The number of likely N-dealkylation sites (N-methyl/N-ethyl adjacent to an activating group) is 1. The van der Waals surface area contributed by atoms with Crippen molar-refractivity contribution in [1.29, 1.82) is 0 Å². The van der Waals surface area contributed by atoms with Gasteiger partial charge in [0.05, 0.1) is 10.9 Å². The second kappa shape index (κ2) is 8.67. The maximum atomic E-state index is 6.55. The molecule has 4 aromatic rings. The number of nitrogens with zero attached hydrogens (tertiary/aromatic N) is 5. The number of hydrogen-bond donors (Lipinski definition) is 2. The van der Waals surface area contributed by atoms with E-state index in [1.54, 1.807) is 6.33 Å². The van der Waals surface area contributed by atoms with Crippen LogP contribution in [0.25, 0.3) is 33.1 Å². The van der Waals surface area contributed by atoms with E-state index in [0.29, 0.717) is 5.82 Å². The van der Waals surface area contributed by atoms with Gasteiger partial charge in [0, 0.05) is 59.6 Å². The molecular weight excluding hydrogens is 470 g/mol. The molecule has 38 heavy (non-hydrogen) atoms. The molecule has 3 fully saturated rings. The molecule has 4 aliphatic rings. The molecule has 0 atom stereocenters. The van der Waals surface area contributed by atoms with Crippen molar-refractivity contribution in [2.45, 2.75) is 56.5 Å². The number of pyridine rings is 1. The van der Waals surface area contributed by atoms with Crippen molar-refractivity contribution < 1.29 is 0 Å². The highest BCUT2D eigenvalue weighted by Gasteiger charge is 2.50. The summed E-state index contributed by atoms with van der Waals surface area (Å²) in [6, 6.07) is 10.5. The molecule has 2 bridgehead atoms. The lowest BCUT2D eigenvalue weighted by molar-refractivity contribution is 0.0349. The molecule has 1 aliphatic heterocycles. The molecular formula is C31H35N7. The number of nitrogen functional groups attached to an aromatic ring is 1. The predicted molar refractivity (Wildman–Crippen MR) is 154 cm³/mol. The van der Waals surface area contributed by atoms with Crippen LogP contribution in [0, 0.1) is 6.92 Å². The van der Waals surface area contributed by atoms with Crippen LogP contribution in [-0.2, 0) is 5.54 Å². The van der Waals surface area contributed by atoms with Gasteiger partial charge >= 0.3 is 0 Å². The Morgan fingerprint density at radius 1 is 1.03 bits per heavy atom. The smallest absolute Gasteiger partial charge is 0.146 e. The topological polar surface area (TPSA) is 84.9 Å². The standard InChI is InChI=1S/C31H35N7/c1-21-26(24-16-23-7-3-4-8-25(23)33-18-24)27-28(32)34-20-35-29(27)38(21)31-12-9-30(10-13-31,11-14-31)36-17-22-6-5-15-37(2)19-22/h3-8,15-16,18,20,36H,9-14,17,19H2,1-2H3,(H2,32,34,35). The molecule has 4 heterocycles. The van der Waals surface area contributed by atoms with Crippen LogP contribution in [0.5, 0.6) is 0 Å². The average Bonchev–Trinajstić information content (AvgIpc) is 3.26. The number of para-hydroxylation sites is 1. The summed E-state index contributed by atoms with van der Waals surface area (Å²) in [5.74, 6) is 0.541. The SMILES string of the molecule is Cc1c(-c2cnc3ccccc3c2)c2c(N)ncnc2n1C12CCC(NCC3=CC=CN(C)C3)(CC1)CC2. The summed E-state index contributed by atoms with van der Waals surface area (Å²) in [7, 11) is 2.14. The van der Waals surface area contributed by atoms with Crippen LogP contribution in [0.2, 0.25) is 0 Å². The van der Waals surface area contributed by atoms with Gasteiger partial charge in [-0.1, -0.05) is 24.3 Å². The number of allylic oxidation sites excluding steroid dienone is 2. The summed E-state index contributed by atoms with van der Waals surface area (Å²) in [5.41, 5.74) is 13.7. The molecule has 3 aromatic heterocycles. The van der Waals surface area contributed by atoms with Crippen LogP contribution in [0.15, 0.2) is 66.8 Å². The third-order valence-electron chi connectivity index (χ3n) is 9.39. The number of nitrogens with two attached hydrogens (primary N) is 1. The number of benzene rings is 1. The Morgan fingerprint density at radius 3 is 2.61 bits per heavy atom. The number of anilines is 1. The molecule has 3 aliphatic carbocycles. The van der Waals surface area contributed by atoms with E-state index in [0.717, 1.165) is 65.4 Å². The number of fused-ring (bicyclic) bond motifs is 5. The van der Waals surface area contributed by atoms with Gasteiger partial charge in [0.25, 0.3) is 0 Å². The van der Waals surface area contributed by atoms with Crippen LogP contribution in [-0.4, -0.2) is 50.1 Å². The van der Waals surface area contributed by atoms with Gasteiger partial charge in [0.15, 0.2) is 0 Å². The predicted octanol–water partition coefficient (Wildman–Crippen LogP) is 5.31. The number of aromatic nitrogens is 4. The molecule has 8 rings (SSSR count). The highest BCUT2D eigenvalue weighted by Crippen LogP contribution is 2.54. The Balaban J connectivity index is 1.24. The van der Waals surface area contributed by atoms with E-state index in [1.165, 1.54) is 30.5 Å². The average molecular weight is 506 g/mol. The fourth-order valence-electron chi connectivity index (χ4n) is 7.33. The van der Waals surface area contributed by atoms with Gasteiger partial charge < -0.3 is 20.5 Å². The summed E-state index contributed by atoms with van der Waals surface area (Å²) < 4.78 is 2.53. The Bertz CT molecular complexity index is 1590. The highest BCUT2D eigenvalue weighted by molar-refractivity contribution is 6.03. The van der Waals surface area contributed by atoms with Crippen LogP contribution < -0.4 is 11.1 Å². The molecule has 194 valence electrons. The molecule has 7 nitrogen and oxygen atoms in total. The first kappa shape index (κ1) is 23.4. The molecule has 0 unspecified atom stereocenters. The molecule has 0 amide bonds. The fraction of sp³-hybridized carbons (Fsp3) is 0.387. The molecule has 1 aromatic carbocycles. The molecule has 0 spiro atoms. The van der Waals surface area contributed by atoms with Crippen molar-refractivity contribution in [3.8, 4) is 11.1 Å². The zero-order valence-corrected chi connectivity index (χ0v) is 22.2. The maximum absolute atomic E-state index is 6.55. The first-order valence-corrected chi connectivity index (χ1v) is 13.8. The summed E-state index contributed by atoms with van der Waals surface area (Å²) >= 11 is 0. The normalized spacial score (nSPS) is 24.9. The van der Waals surface area contributed by atoms with Crippen LogP contribution in [0.1, 0.15) is 44.2 Å². The lowest BCUT2D eigenvalue weighted by atomic mass is 9.61. The third-order valence-corrected chi connectivity index (χ3v) is 9.39. The van der Waals surface area contributed by atoms with Gasteiger partial charge in [-0.2, -0.15) is 0 Å². The Hall–Kier alpha value is -3.71. The summed E-state index contributed by atoms with van der Waals surface area (Å²) in [5, 5.41) is 6.08. The van der Waals surface area contributed by atoms with Crippen molar-refractivity contribution in [3.63, 3.8) is 0 Å². The van der Waals surface area contributed by atoms with E-state index in [9.17, 15) is 0 Å². The zero-order valence-electron chi connectivity index (χ0n) is 22.2. The van der Waals surface area contributed by atoms with Gasteiger partial charge in [-0.15, -0.1) is 0 Å². The Labute approximate surface area is 223 Å². The monoisotopic (exact) mass is 505 g/mol. The molecule has 3 saturated carbocycles. The van der Waals surface area contributed by atoms with E-state index < -0.39 is 0 Å². The summed E-state index contributed by atoms with van der Waals surface area (Å²) in [6.45, 7) is 4.20. The second-order valence-corrected chi connectivity index (χ2v) is 11.6. The zero-order chi connectivity index (χ0) is 25.9. The van der Waals surface area contributed by atoms with Crippen LogP contribution >= 0.6 is 0 Å². The minimum atomic E-state index is 0.0577. The van der Waals surface area contributed by atoms with E-state index in [1.807, 2.05) is 12.3 Å². The van der Waals surface area contributed by atoms with Crippen molar-refractivity contribution in [3.05, 3.63) is 72.5 Å². The molecule has 7 heteroatoms. The van der Waals surface area contributed by atoms with Gasteiger partial charge in [0.2, 0.25) is 0 Å². The molecule has 0 saturated heterocycles. The third kappa shape index (κ3) is 3.63. The Kier molecular flexibility index (Phi) is 5.34. The maximum Gasteiger partial charge on any atom is 0.146 e. The molecule has 3 N–H and O–H groups in total. The largest absolute Gasteiger partial charge is 0.383 e. The minimum absolute atomic E-state index is 0.0577. The van der Waals surface area contributed by atoms with Crippen LogP contribution in [0.4, 0.5) is 5.82 Å². The van der Waals surface area contributed by atoms with E-state index in [4.69, 9.17) is 15.7 Å². The first-order chi connectivity index (χ1) is 18.5. The van der Waals surface area contributed by atoms with Gasteiger partial charge in [0.1, 0.15) is 17.8 Å². The number of hydrogen-bond acceptors (Lipinski definition) is 6. The van der Waals surface area contributed by atoms with Crippen molar-refractivity contribution >= 4 is 27.8 Å². The minimum Gasteiger partial charge on any atom is -0.383 e. The second-order valence-electron chi connectivity index (χ2n) is 11.6. The van der Waals surface area contributed by atoms with E-state index in [2.05, 4.69) is 76.4 Å². The lowest BCUT2D eigenvalue weighted by Gasteiger charge is -2.55. The van der Waals surface area contributed by atoms with Gasteiger partial charge in [-0.25, -0.2) is 9.97 Å². The fourth-order valence-corrected chi connectivity index (χ4v) is 7.33. The summed E-state index contributed by atoms with van der Waals surface area (Å²) in [4.78, 5) is 16.3. The van der Waals surface area contributed by atoms with Crippen molar-refractivity contribution in [2.24, 2.45) is 0 Å². The Morgan fingerprint density at radius 2 is 1.82 bits per heavy atom. The number of rotatable bonds is 5. The van der Waals surface area contributed by atoms with Gasteiger partial charge in [-0.05, 0) is 75.4 Å². The van der Waals surface area contributed by atoms with Crippen molar-refractivity contribution in [1.82, 2.24) is 29.7 Å². The first-order valence-electron chi connectivity index (χ1n) is 13.8. The van der Waals surface area contributed by atoms with Gasteiger partial charge in [-0.3, -0.25) is 4.98 Å². The number of nitrogens with one attached hydrogen (secondary N) is 1. The van der Waals surface area contributed by atoms with E-state index >= 15 is 0 Å². The summed E-state index contributed by atoms with van der Waals surface area (Å²) in [6.07, 6.45) is 17.1. The quantitative estimate of drug-likeness (QED) is 0.382. The highest BCUT2D eigenvalue weighted by atomic mass is 15.2. The van der Waals surface area contributed by atoms with E-state index in [-0.39, 0.29) is 11.1 Å².